The monoisotopic (exact) mass is 435 g/mol. The highest BCUT2D eigenvalue weighted by Gasteiger charge is 2.51. The molecule has 3 rings (SSSR count). The number of hydrogen-bond donors (Lipinski definition) is 2. The SMILES string of the molecule is C[C@H]1O[C@H](O[P+](=O)O)[C@H](OC(=O)c2ccccc2)[C@@H](O)[C@@H]1OC(=O)c1ccccc1. The summed E-state index contributed by atoms with van der Waals surface area (Å²) in [5.74, 6) is -1.52. The molecule has 0 spiro atoms. The second kappa shape index (κ2) is 9.88. The first-order chi connectivity index (χ1) is 14.4. The molecular formula is C20H20O9P+. The highest BCUT2D eigenvalue weighted by molar-refractivity contribution is 7.32. The van der Waals surface area contributed by atoms with Crippen molar-refractivity contribution in [3.63, 3.8) is 0 Å². The van der Waals surface area contributed by atoms with Crippen LogP contribution in [0.15, 0.2) is 60.7 Å². The van der Waals surface area contributed by atoms with Crippen molar-refractivity contribution in [3.8, 4) is 0 Å². The number of ether oxygens (including phenoxy) is 3. The molecule has 2 N–H and O–H groups in total. The lowest BCUT2D eigenvalue weighted by Crippen LogP contribution is -2.59. The zero-order valence-corrected chi connectivity index (χ0v) is 16.8. The Kier molecular flexibility index (Phi) is 7.25. The van der Waals surface area contributed by atoms with Crippen LogP contribution >= 0.6 is 8.25 Å². The number of rotatable bonds is 6. The molecule has 2 aromatic carbocycles. The fraction of sp³-hybridized carbons (Fsp3) is 0.300. The first-order valence-electron chi connectivity index (χ1n) is 9.05. The number of esters is 2. The van der Waals surface area contributed by atoms with Crippen molar-refractivity contribution < 1.29 is 42.9 Å². The second-order valence-corrected chi connectivity index (χ2v) is 7.20. The minimum absolute atomic E-state index is 0.188. The van der Waals surface area contributed by atoms with Gasteiger partial charge >= 0.3 is 20.2 Å². The number of aliphatic hydroxyl groups excluding tert-OH is 1. The predicted octanol–water partition coefficient (Wildman–Crippen LogP) is 2.21. The zero-order chi connectivity index (χ0) is 21.7. The molecular weight excluding hydrogens is 415 g/mol. The van der Waals surface area contributed by atoms with Gasteiger partial charge in [0, 0.05) is 4.57 Å². The zero-order valence-electron chi connectivity index (χ0n) is 15.9. The van der Waals surface area contributed by atoms with Gasteiger partial charge in [0.05, 0.1) is 17.2 Å². The van der Waals surface area contributed by atoms with Crippen molar-refractivity contribution in [1.82, 2.24) is 0 Å². The summed E-state index contributed by atoms with van der Waals surface area (Å²) in [6.45, 7) is 1.49. The first-order valence-corrected chi connectivity index (χ1v) is 10.2. The van der Waals surface area contributed by atoms with Gasteiger partial charge in [0.25, 0.3) is 6.29 Å². The molecule has 0 aromatic heterocycles. The lowest BCUT2D eigenvalue weighted by atomic mass is 9.99. The standard InChI is InChI=1S/C20H19O9P/c1-12-16(27-18(22)13-8-4-2-5-9-13)15(21)17(20(26-12)29-30(24)25)28-19(23)14-10-6-3-7-11-14/h2-12,15-17,20-21H,1H3/p+1/t12-,15+,16-,17-,20-/m1/s1. The predicted molar refractivity (Wildman–Crippen MR) is 103 cm³/mol. The molecule has 1 heterocycles. The Bertz CT molecular complexity index is 890. The Morgan fingerprint density at radius 3 is 1.83 bits per heavy atom. The number of carbonyl (C=O) groups is 2. The molecule has 9 nitrogen and oxygen atoms in total. The summed E-state index contributed by atoms with van der Waals surface area (Å²) in [7, 11) is -3.12. The number of aliphatic hydroxyl groups is 1. The van der Waals surface area contributed by atoms with Crippen LogP contribution in [0, 0.1) is 0 Å². The van der Waals surface area contributed by atoms with Crippen molar-refractivity contribution in [3.05, 3.63) is 71.8 Å². The molecule has 0 aliphatic carbocycles. The summed E-state index contributed by atoms with van der Waals surface area (Å²) < 4.78 is 32.1. The lowest BCUT2D eigenvalue weighted by Gasteiger charge is -2.40. The molecule has 10 heteroatoms. The van der Waals surface area contributed by atoms with E-state index in [9.17, 15) is 19.3 Å². The maximum absolute atomic E-state index is 12.4. The van der Waals surface area contributed by atoms with Crippen molar-refractivity contribution >= 4 is 20.2 Å². The van der Waals surface area contributed by atoms with Gasteiger partial charge in [-0.1, -0.05) is 40.9 Å². The summed E-state index contributed by atoms with van der Waals surface area (Å²) in [4.78, 5) is 33.9. The van der Waals surface area contributed by atoms with Gasteiger partial charge in [-0.2, -0.15) is 0 Å². The minimum Gasteiger partial charge on any atom is -0.453 e. The number of benzene rings is 2. The van der Waals surface area contributed by atoms with Crippen LogP contribution in [0.1, 0.15) is 27.6 Å². The van der Waals surface area contributed by atoms with Gasteiger partial charge in [-0.15, -0.1) is 4.89 Å². The molecule has 1 saturated heterocycles. The van der Waals surface area contributed by atoms with Crippen LogP contribution in [0.4, 0.5) is 0 Å². The normalized spacial score (nSPS) is 26.5. The summed E-state index contributed by atoms with van der Waals surface area (Å²) in [5.41, 5.74) is 0.444. The van der Waals surface area contributed by atoms with Crippen LogP contribution < -0.4 is 0 Å². The molecule has 1 fully saturated rings. The van der Waals surface area contributed by atoms with Gasteiger partial charge in [-0.05, 0) is 31.2 Å². The molecule has 158 valence electrons. The van der Waals surface area contributed by atoms with Crippen molar-refractivity contribution in [2.24, 2.45) is 0 Å². The third-order valence-electron chi connectivity index (χ3n) is 4.45. The van der Waals surface area contributed by atoms with E-state index in [1.807, 2.05) is 0 Å². The van der Waals surface area contributed by atoms with E-state index in [2.05, 4.69) is 0 Å². The van der Waals surface area contributed by atoms with Crippen molar-refractivity contribution in [1.29, 1.82) is 0 Å². The van der Waals surface area contributed by atoms with Gasteiger partial charge in [0.2, 0.25) is 0 Å². The molecule has 1 unspecified atom stereocenters. The average Bonchev–Trinajstić information content (AvgIpc) is 2.74. The van der Waals surface area contributed by atoms with Gasteiger partial charge in [-0.3, -0.25) is 0 Å². The van der Waals surface area contributed by atoms with Crippen molar-refractivity contribution in [2.75, 3.05) is 0 Å². The fourth-order valence-electron chi connectivity index (χ4n) is 2.99. The Morgan fingerprint density at radius 2 is 1.37 bits per heavy atom. The lowest BCUT2D eigenvalue weighted by molar-refractivity contribution is -0.267. The van der Waals surface area contributed by atoms with E-state index in [1.165, 1.54) is 31.2 Å². The maximum atomic E-state index is 12.4. The third-order valence-corrected chi connectivity index (χ3v) is 4.84. The number of hydrogen-bond acceptors (Lipinski definition) is 8. The average molecular weight is 435 g/mol. The quantitative estimate of drug-likeness (QED) is 0.518. The molecule has 0 amide bonds. The van der Waals surface area contributed by atoms with Crippen LogP contribution in [0.3, 0.4) is 0 Å². The molecule has 0 saturated carbocycles. The molecule has 1 aliphatic heterocycles. The first kappa shape index (κ1) is 22.0. The topological polar surface area (TPSA) is 129 Å². The maximum Gasteiger partial charge on any atom is 0.697 e. The fourth-order valence-corrected chi connectivity index (χ4v) is 3.34. The van der Waals surface area contributed by atoms with E-state index in [0.29, 0.717) is 0 Å². The second-order valence-electron chi connectivity index (χ2n) is 6.52. The Balaban J connectivity index is 1.80. The van der Waals surface area contributed by atoms with Gasteiger partial charge in [0.15, 0.2) is 12.2 Å². The Labute approximate surface area is 173 Å². The van der Waals surface area contributed by atoms with E-state index in [0.717, 1.165) is 0 Å². The van der Waals surface area contributed by atoms with E-state index in [1.54, 1.807) is 36.4 Å². The molecule has 6 atom stereocenters. The third kappa shape index (κ3) is 5.27. The largest absolute Gasteiger partial charge is 0.697 e. The van der Waals surface area contributed by atoms with E-state index in [4.69, 9.17) is 23.6 Å². The van der Waals surface area contributed by atoms with Crippen LogP contribution in [0.2, 0.25) is 0 Å². The highest BCUT2D eigenvalue weighted by atomic mass is 31.1. The summed E-state index contributed by atoms with van der Waals surface area (Å²) in [6.07, 6.45) is -6.77. The summed E-state index contributed by atoms with van der Waals surface area (Å²) in [6, 6.07) is 16.1. The van der Waals surface area contributed by atoms with Crippen LogP contribution in [0.25, 0.3) is 0 Å². The van der Waals surface area contributed by atoms with Crippen molar-refractivity contribution in [2.45, 2.75) is 37.6 Å². The molecule has 30 heavy (non-hydrogen) atoms. The summed E-state index contributed by atoms with van der Waals surface area (Å²) in [5, 5.41) is 10.8. The van der Waals surface area contributed by atoms with Crippen LogP contribution in [0.5, 0.6) is 0 Å². The molecule has 1 aliphatic rings. The Morgan fingerprint density at radius 1 is 0.900 bits per heavy atom. The van der Waals surface area contributed by atoms with Gasteiger partial charge in [-0.25, -0.2) is 9.59 Å². The smallest absolute Gasteiger partial charge is 0.453 e. The van der Waals surface area contributed by atoms with E-state index >= 15 is 0 Å². The molecule has 2 aromatic rings. The molecule has 0 bridgehead atoms. The van der Waals surface area contributed by atoms with Crippen LogP contribution in [-0.2, 0) is 23.3 Å². The Hall–Kier alpha value is -2.68. The number of carbonyl (C=O) groups excluding carboxylic acids is 2. The van der Waals surface area contributed by atoms with E-state index < -0.39 is 50.9 Å². The van der Waals surface area contributed by atoms with E-state index in [-0.39, 0.29) is 11.1 Å². The summed E-state index contributed by atoms with van der Waals surface area (Å²) >= 11 is 0. The van der Waals surface area contributed by atoms with Gasteiger partial charge in [0.1, 0.15) is 6.10 Å². The minimum atomic E-state index is -3.12. The van der Waals surface area contributed by atoms with Crippen LogP contribution in [-0.4, -0.2) is 52.6 Å². The highest BCUT2D eigenvalue weighted by Crippen LogP contribution is 2.32. The molecule has 0 radical (unpaired) electrons. The van der Waals surface area contributed by atoms with Gasteiger partial charge < -0.3 is 19.3 Å².